The van der Waals surface area contributed by atoms with E-state index in [4.69, 9.17) is 12.2 Å². The number of nitrogens with one attached hydrogen (secondary N) is 1. The van der Waals surface area contributed by atoms with Crippen molar-refractivity contribution in [2.75, 3.05) is 11.9 Å². The first-order valence-electron chi connectivity index (χ1n) is 9.29. The van der Waals surface area contributed by atoms with E-state index in [1.807, 2.05) is 0 Å². The Balaban J connectivity index is 1.52. The number of benzene rings is 2. The molecule has 0 atom stereocenters. The van der Waals surface area contributed by atoms with Gasteiger partial charge in [-0.15, -0.1) is 0 Å². The summed E-state index contributed by atoms with van der Waals surface area (Å²) < 4.78 is 0.374. The fourth-order valence-electron chi connectivity index (χ4n) is 2.82. The second-order valence-corrected chi connectivity index (χ2v) is 8.31. The van der Waals surface area contributed by atoms with Crippen LogP contribution >= 0.6 is 24.0 Å². The Morgan fingerprint density at radius 1 is 1.03 bits per heavy atom. The number of carbonyl (C=O) groups is 2. The Bertz CT molecular complexity index is 1120. The number of carbonyl (C=O) groups excluding carboxylic acids is 2. The highest BCUT2D eigenvalue weighted by molar-refractivity contribution is 8.26. The van der Waals surface area contributed by atoms with Crippen LogP contribution < -0.4 is 5.32 Å². The summed E-state index contributed by atoms with van der Waals surface area (Å²) in [5.74, 6) is -0.570. The fraction of sp³-hybridized carbons (Fsp3) is 0.150. The van der Waals surface area contributed by atoms with E-state index in [2.05, 4.69) is 5.32 Å². The van der Waals surface area contributed by atoms with Crippen molar-refractivity contribution >= 4 is 63.3 Å². The third-order valence-corrected chi connectivity index (χ3v) is 5.80. The van der Waals surface area contributed by atoms with Gasteiger partial charge < -0.3 is 5.32 Å². The topological polar surface area (TPSA) is 136 Å². The molecule has 0 aliphatic carbocycles. The van der Waals surface area contributed by atoms with Crippen LogP contribution in [0.25, 0.3) is 6.08 Å². The number of hydrogen-bond donors (Lipinski definition) is 1. The monoisotopic (exact) mass is 472 g/mol. The summed E-state index contributed by atoms with van der Waals surface area (Å²) in [6.45, 7) is 0.260. The quantitative estimate of drug-likeness (QED) is 0.262. The van der Waals surface area contributed by atoms with Crippen LogP contribution in [0.4, 0.5) is 17.1 Å². The van der Waals surface area contributed by atoms with Gasteiger partial charge in [-0.3, -0.25) is 34.7 Å². The average molecular weight is 473 g/mol. The van der Waals surface area contributed by atoms with Crippen molar-refractivity contribution in [2.45, 2.75) is 12.8 Å². The first-order chi connectivity index (χ1) is 15.2. The van der Waals surface area contributed by atoms with E-state index in [1.165, 1.54) is 41.3 Å². The third-order valence-electron chi connectivity index (χ3n) is 4.42. The van der Waals surface area contributed by atoms with Gasteiger partial charge in [0.2, 0.25) is 5.91 Å². The molecular weight excluding hydrogens is 456 g/mol. The molecule has 10 nitrogen and oxygen atoms in total. The van der Waals surface area contributed by atoms with Crippen LogP contribution in [-0.4, -0.2) is 37.4 Å². The number of nitrogens with zero attached hydrogens (tertiary/aromatic N) is 3. The lowest BCUT2D eigenvalue weighted by atomic mass is 10.2. The Morgan fingerprint density at radius 2 is 1.59 bits per heavy atom. The van der Waals surface area contributed by atoms with Crippen LogP contribution in [0.5, 0.6) is 0 Å². The third kappa shape index (κ3) is 5.74. The van der Waals surface area contributed by atoms with Gasteiger partial charge in [-0.1, -0.05) is 24.0 Å². The van der Waals surface area contributed by atoms with Gasteiger partial charge in [0, 0.05) is 42.9 Å². The number of non-ortho nitro benzene ring substituents is 2. The van der Waals surface area contributed by atoms with Crippen LogP contribution in [0, 0.1) is 20.2 Å². The molecule has 32 heavy (non-hydrogen) atoms. The molecule has 0 spiro atoms. The molecule has 1 fully saturated rings. The van der Waals surface area contributed by atoms with Gasteiger partial charge in [-0.2, -0.15) is 0 Å². The van der Waals surface area contributed by atoms with Crippen molar-refractivity contribution < 1.29 is 19.4 Å². The molecule has 0 aromatic heterocycles. The van der Waals surface area contributed by atoms with Crippen molar-refractivity contribution in [3.05, 3.63) is 79.2 Å². The molecule has 0 radical (unpaired) electrons. The number of thioether (sulfide) groups is 1. The normalized spacial score (nSPS) is 14.6. The maximum atomic E-state index is 12.6. The largest absolute Gasteiger partial charge is 0.326 e. The van der Waals surface area contributed by atoms with E-state index in [0.29, 0.717) is 26.9 Å². The van der Waals surface area contributed by atoms with Crippen molar-refractivity contribution in [1.82, 2.24) is 4.90 Å². The lowest BCUT2D eigenvalue weighted by Crippen LogP contribution is -2.29. The second kappa shape index (κ2) is 10.1. The number of nitro benzene ring substituents is 2. The van der Waals surface area contributed by atoms with Gasteiger partial charge in [-0.25, -0.2) is 0 Å². The minimum absolute atomic E-state index is 0.0401. The lowest BCUT2D eigenvalue weighted by Gasteiger charge is -2.14. The van der Waals surface area contributed by atoms with E-state index < -0.39 is 9.85 Å². The van der Waals surface area contributed by atoms with Gasteiger partial charge >= 0.3 is 0 Å². The zero-order valence-corrected chi connectivity index (χ0v) is 18.1. The molecule has 2 aromatic rings. The first-order valence-corrected chi connectivity index (χ1v) is 10.5. The number of nitro groups is 2. The highest BCUT2D eigenvalue weighted by Gasteiger charge is 2.31. The Labute approximate surface area is 191 Å². The molecule has 164 valence electrons. The van der Waals surface area contributed by atoms with Crippen molar-refractivity contribution in [1.29, 1.82) is 0 Å². The van der Waals surface area contributed by atoms with E-state index in [9.17, 15) is 29.8 Å². The SMILES string of the molecule is O=C(CCCN1C(=O)/C(=C/c2ccc([N+](=O)[O-])cc2)SC1=S)Nc1ccc([N+](=O)[O-])cc1. The van der Waals surface area contributed by atoms with Crippen molar-refractivity contribution in [2.24, 2.45) is 0 Å². The summed E-state index contributed by atoms with van der Waals surface area (Å²) in [5.41, 5.74) is 0.969. The van der Waals surface area contributed by atoms with Gasteiger partial charge in [0.25, 0.3) is 17.3 Å². The lowest BCUT2D eigenvalue weighted by molar-refractivity contribution is -0.385. The van der Waals surface area contributed by atoms with Crippen LogP contribution in [0.3, 0.4) is 0 Å². The molecule has 2 aromatic carbocycles. The molecule has 1 saturated heterocycles. The average Bonchev–Trinajstić information content (AvgIpc) is 3.01. The van der Waals surface area contributed by atoms with E-state index in [1.54, 1.807) is 18.2 Å². The van der Waals surface area contributed by atoms with Crippen LogP contribution in [0.1, 0.15) is 18.4 Å². The summed E-state index contributed by atoms with van der Waals surface area (Å²) in [7, 11) is 0. The van der Waals surface area contributed by atoms with E-state index in [0.717, 1.165) is 11.8 Å². The molecule has 1 N–H and O–H groups in total. The molecule has 3 rings (SSSR count). The molecule has 2 amide bonds. The molecular formula is C20H16N4O6S2. The maximum absolute atomic E-state index is 12.6. The van der Waals surface area contributed by atoms with Gasteiger partial charge in [0.1, 0.15) is 4.32 Å². The maximum Gasteiger partial charge on any atom is 0.269 e. The minimum Gasteiger partial charge on any atom is -0.326 e. The van der Waals surface area contributed by atoms with Crippen molar-refractivity contribution in [3.8, 4) is 0 Å². The smallest absolute Gasteiger partial charge is 0.269 e. The standard InChI is InChI=1S/C20H16N4O6S2/c25-18(21-14-5-9-16(10-6-14)24(29)30)2-1-11-22-19(26)17(32-20(22)31)12-13-3-7-15(8-4-13)23(27)28/h3-10,12H,1-2,11H2,(H,21,25)/b17-12-. The summed E-state index contributed by atoms with van der Waals surface area (Å²) >= 11 is 6.40. The molecule has 12 heteroatoms. The van der Waals surface area contributed by atoms with Gasteiger partial charge in [0.15, 0.2) is 0 Å². The molecule has 1 aliphatic heterocycles. The number of anilines is 1. The summed E-state index contributed by atoms with van der Waals surface area (Å²) in [6.07, 6.45) is 2.12. The van der Waals surface area contributed by atoms with Gasteiger partial charge in [0.05, 0.1) is 14.8 Å². The zero-order chi connectivity index (χ0) is 23.3. The predicted molar refractivity (Wildman–Crippen MR) is 124 cm³/mol. The fourth-order valence-corrected chi connectivity index (χ4v) is 4.13. The highest BCUT2D eigenvalue weighted by Crippen LogP contribution is 2.33. The van der Waals surface area contributed by atoms with E-state index in [-0.39, 0.29) is 36.2 Å². The molecule has 0 unspecified atom stereocenters. The molecule has 1 heterocycles. The first kappa shape index (κ1) is 23.0. The summed E-state index contributed by atoms with van der Waals surface area (Å²) in [6, 6.07) is 11.3. The molecule has 0 bridgehead atoms. The predicted octanol–water partition coefficient (Wildman–Crippen LogP) is 4.12. The summed E-state index contributed by atoms with van der Waals surface area (Å²) in [5, 5.41) is 24.0. The molecule has 1 aliphatic rings. The minimum atomic E-state index is -0.524. The Kier molecular flexibility index (Phi) is 7.28. The second-order valence-electron chi connectivity index (χ2n) is 6.64. The zero-order valence-electron chi connectivity index (χ0n) is 16.4. The number of amides is 2. The highest BCUT2D eigenvalue weighted by atomic mass is 32.2. The van der Waals surface area contributed by atoms with Crippen LogP contribution in [0.15, 0.2) is 53.4 Å². The van der Waals surface area contributed by atoms with Gasteiger partial charge in [-0.05, 0) is 42.3 Å². The number of hydrogen-bond acceptors (Lipinski definition) is 8. The number of rotatable bonds is 8. The number of thiocarbonyl (C=S) groups is 1. The molecule has 0 saturated carbocycles. The van der Waals surface area contributed by atoms with Crippen molar-refractivity contribution in [3.63, 3.8) is 0 Å². The summed E-state index contributed by atoms with van der Waals surface area (Å²) in [4.78, 5) is 46.9. The van der Waals surface area contributed by atoms with Crippen LogP contribution in [0.2, 0.25) is 0 Å². The van der Waals surface area contributed by atoms with E-state index >= 15 is 0 Å². The Hall–Kier alpha value is -3.64. The Morgan fingerprint density at radius 3 is 2.16 bits per heavy atom. The van der Waals surface area contributed by atoms with Crippen LogP contribution in [-0.2, 0) is 9.59 Å².